The number of hydrogen-bond acceptors (Lipinski definition) is 11. The maximum atomic E-state index is 13.9. The third kappa shape index (κ3) is 17.2. The number of hydrazine groups is 1. The summed E-state index contributed by atoms with van der Waals surface area (Å²) < 4.78 is 41.2. The number of rotatable bonds is 15. The van der Waals surface area contributed by atoms with E-state index in [1.807, 2.05) is 114 Å². The first kappa shape index (κ1) is 47.2. The lowest BCUT2D eigenvalue weighted by Crippen LogP contribution is -2.59. The lowest BCUT2D eigenvalue weighted by Gasteiger charge is -2.35. The van der Waals surface area contributed by atoms with Gasteiger partial charge in [0.15, 0.2) is 0 Å². The number of esters is 1. The number of nitrogens with zero attached hydrogens (tertiary/aromatic N) is 2. The molecule has 3 amide bonds. The van der Waals surface area contributed by atoms with Crippen LogP contribution in [0.1, 0.15) is 59.1 Å². The van der Waals surface area contributed by atoms with Gasteiger partial charge in [0, 0.05) is 24.8 Å². The molecule has 56 heavy (non-hydrogen) atoms. The number of alkyl carbamates (subject to hydrolysis) is 1. The maximum Gasteiger partial charge on any atom is 0.407 e. The van der Waals surface area contributed by atoms with Crippen LogP contribution in [0.5, 0.6) is 0 Å². The predicted octanol–water partition coefficient (Wildman–Crippen LogP) is 4.01. The average Bonchev–Trinajstić information content (AvgIpc) is 3.11. The van der Waals surface area contributed by atoms with Crippen LogP contribution in [0, 0.1) is 16.7 Å². The Hall–Kier alpha value is -4.94. The SMILES string of the molecule is COC(=O)C[C@H](C(=O)NN(Cc1ccc(-c2ccccn2)cc1)C[C@H](O)[C@H](Cc1ccccc1)NC(=O)[C@@H](NC(=O)OC)C(C)(C)C)C(C)(C)C.O=S(=O)(O)O. The van der Waals surface area contributed by atoms with Crippen LogP contribution in [0.15, 0.2) is 79.0 Å². The van der Waals surface area contributed by atoms with Gasteiger partial charge in [0.25, 0.3) is 0 Å². The van der Waals surface area contributed by atoms with E-state index in [9.17, 15) is 24.3 Å². The summed E-state index contributed by atoms with van der Waals surface area (Å²) in [6.07, 6.45) is -0.101. The summed E-state index contributed by atoms with van der Waals surface area (Å²) >= 11 is 0. The van der Waals surface area contributed by atoms with Crippen LogP contribution in [-0.2, 0) is 47.2 Å². The number of methoxy groups -OCH3 is 2. The van der Waals surface area contributed by atoms with E-state index in [1.54, 1.807) is 11.2 Å². The van der Waals surface area contributed by atoms with E-state index in [2.05, 4.69) is 21.0 Å². The topological polar surface area (TPSA) is 234 Å². The Morgan fingerprint density at radius 3 is 1.88 bits per heavy atom. The van der Waals surface area contributed by atoms with Crippen molar-refractivity contribution in [2.75, 3.05) is 20.8 Å². The number of aliphatic hydroxyl groups is 1. The zero-order valence-corrected chi connectivity index (χ0v) is 33.9. The summed E-state index contributed by atoms with van der Waals surface area (Å²) in [4.78, 5) is 56.5. The van der Waals surface area contributed by atoms with Crippen molar-refractivity contribution in [3.05, 3.63) is 90.1 Å². The van der Waals surface area contributed by atoms with Crippen LogP contribution in [0.4, 0.5) is 4.79 Å². The minimum absolute atomic E-state index is 0.0920. The molecule has 0 unspecified atom stereocenters. The molecule has 17 heteroatoms. The molecule has 308 valence electrons. The van der Waals surface area contributed by atoms with Crippen LogP contribution in [0.2, 0.25) is 0 Å². The second-order valence-corrected chi connectivity index (χ2v) is 16.1. The van der Waals surface area contributed by atoms with E-state index >= 15 is 0 Å². The highest BCUT2D eigenvalue weighted by Gasteiger charge is 2.37. The molecule has 16 nitrogen and oxygen atoms in total. The molecule has 0 aliphatic heterocycles. The Kier molecular flexibility index (Phi) is 18.0. The highest BCUT2D eigenvalue weighted by Crippen LogP contribution is 2.30. The van der Waals surface area contributed by atoms with Crippen molar-refractivity contribution in [3.8, 4) is 11.3 Å². The lowest BCUT2D eigenvalue weighted by molar-refractivity contribution is -0.148. The van der Waals surface area contributed by atoms with Crippen molar-refractivity contribution in [1.29, 1.82) is 0 Å². The fourth-order valence-corrected chi connectivity index (χ4v) is 5.58. The van der Waals surface area contributed by atoms with Crippen molar-refractivity contribution < 1.29 is 51.3 Å². The number of aromatic nitrogens is 1. The van der Waals surface area contributed by atoms with E-state index in [0.29, 0.717) is 0 Å². The molecule has 1 heterocycles. The molecule has 0 fully saturated rings. The first-order valence-corrected chi connectivity index (χ1v) is 19.1. The molecule has 0 radical (unpaired) electrons. The van der Waals surface area contributed by atoms with Gasteiger partial charge in [0.1, 0.15) is 6.04 Å². The Labute approximate surface area is 328 Å². The first-order chi connectivity index (χ1) is 26.0. The van der Waals surface area contributed by atoms with Gasteiger partial charge in [-0.05, 0) is 40.5 Å². The molecule has 0 spiro atoms. The number of pyridine rings is 1. The van der Waals surface area contributed by atoms with Crippen molar-refractivity contribution in [3.63, 3.8) is 0 Å². The molecule has 3 rings (SSSR count). The van der Waals surface area contributed by atoms with Crippen molar-refractivity contribution in [1.82, 2.24) is 26.1 Å². The van der Waals surface area contributed by atoms with Gasteiger partial charge in [-0.2, -0.15) is 8.42 Å². The summed E-state index contributed by atoms with van der Waals surface area (Å²) in [7, 11) is -2.16. The number of hydrogen-bond donors (Lipinski definition) is 6. The van der Waals surface area contributed by atoms with Gasteiger partial charge < -0.3 is 25.2 Å². The molecule has 3 aromatic rings. The molecule has 6 N–H and O–H groups in total. The van der Waals surface area contributed by atoms with Crippen LogP contribution in [0.3, 0.4) is 0 Å². The molecule has 0 saturated heterocycles. The smallest absolute Gasteiger partial charge is 0.407 e. The van der Waals surface area contributed by atoms with Gasteiger partial charge in [0.05, 0.1) is 44.4 Å². The van der Waals surface area contributed by atoms with Crippen LogP contribution in [-0.4, -0.2) is 95.5 Å². The fourth-order valence-electron chi connectivity index (χ4n) is 5.58. The van der Waals surface area contributed by atoms with E-state index in [1.165, 1.54) is 14.2 Å². The standard InChI is InChI=1S/C39H53N5O7.H2O4S/c1-38(2,3)29(23-33(46)50-7)35(47)43-44(24-27-17-19-28(20-18-27)30-16-12-13-21-40-30)25-32(45)31(22-26-14-10-9-11-15-26)41-36(48)34(39(4,5)6)42-37(49)51-8;1-5(2,3)4/h9-21,29,31-32,34,45H,22-25H2,1-8H3,(H,41,48)(H,42,49)(H,43,47);(H2,1,2,3,4)/t29-,31+,32+,34-;/m1./s1. The highest BCUT2D eigenvalue weighted by atomic mass is 32.3. The van der Waals surface area contributed by atoms with E-state index in [4.69, 9.17) is 27.0 Å². The lowest BCUT2D eigenvalue weighted by atomic mass is 9.78. The van der Waals surface area contributed by atoms with Gasteiger partial charge in [-0.25, -0.2) is 9.80 Å². The van der Waals surface area contributed by atoms with Gasteiger partial charge in [-0.15, -0.1) is 0 Å². The predicted molar refractivity (Wildman–Crippen MR) is 209 cm³/mol. The second-order valence-electron chi connectivity index (χ2n) is 15.2. The number of nitrogens with one attached hydrogen (secondary N) is 3. The average molecular weight is 802 g/mol. The van der Waals surface area contributed by atoms with Gasteiger partial charge in [-0.3, -0.25) is 33.9 Å². The molecular formula is C39H55N5O11S. The zero-order valence-electron chi connectivity index (χ0n) is 33.1. The van der Waals surface area contributed by atoms with Crippen LogP contribution >= 0.6 is 0 Å². The zero-order chi connectivity index (χ0) is 42.3. The van der Waals surface area contributed by atoms with Gasteiger partial charge in [-0.1, -0.05) is 102 Å². The molecule has 0 bridgehead atoms. The van der Waals surface area contributed by atoms with Crippen LogP contribution < -0.4 is 16.1 Å². The van der Waals surface area contributed by atoms with Crippen molar-refractivity contribution in [2.24, 2.45) is 16.7 Å². The number of benzene rings is 2. The van der Waals surface area contributed by atoms with E-state index in [0.717, 1.165) is 22.4 Å². The Balaban J connectivity index is 0.00000203. The summed E-state index contributed by atoms with van der Waals surface area (Å²) in [5.74, 6) is -2.17. The first-order valence-electron chi connectivity index (χ1n) is 17.7. The minimum Gasteiger partial charge on any atom is -0.469 e. The number of ether oxygens (including phenoxy) is 2. The second kappa shape index (κ2) is 21.4. The molecule has 0 aliphatic carbocycles. The van der Waals surface area contributed by atoms with Gasteiger partial charge >= 0.3 is 22.5 Å². The normalized spacial score (nSPS) is 13.9. The molecule has 0 saturated carbocycles. The number of carbonyl (C=O) groups is 4. The third-order valence-corrected chi connectivity index (χ3v) is 8.59. The summed E-state index contributed by atoms with van der Waals surface area (Å²) in [5.41, 5.74) is 5.11. The monoisotopic (exact) mass is 801 g/mol. The largest absolute Gasteiger partial charge is 0.469 e. The summed E-state index contributed by atoms with van der Waals surface area (Å²) in [6.45, 7) is 11.1. The molecule has 2 aromatic carbocycles. The van der Waals surface area contributed by atoms with Crippen molar-refractivity contribution >= 4 is 34.3 Å². The Morgan fingerprint density at radius 2 is 1.38 bits per heavy atom. The number of amides is 3. The van der Waals surface area contributed by atoms with Crippen molar-refractivity contribution in [2.45, 2.75) is 79.1 Å². The molecule has 0 aliphatic rings. The number of aliphatic hydroxyl groups excluding tert-OH is 1. The third-order valence-electron chi connectivity index (χ3n) is 8.59. The molecular weight excluding hydrogens is 747 g/mol. The Bertz CT molecular complexity index is 1810. The molecule has 1 aromatic heterocycles. The van der Waals surface area contributed by atoms with Gasteiger partial charge in [0.2, 0.25) is 11.8 Å². The Morgan fingerprint density at radius 1 is 0.786 bits per heavy atom. The van der Waals surface area contributed by atoms with E-state index < -0.39 is 69.2 Å². The summed E-state index contributed by atoms with van der Waals surface area (Å²) in [5, 5.41) is 19.0. The van der Waals surface area contributed by atoms with Crippen LogP contribution in [0.25, 0.3) is 11.3 Å². The minimum atomic E-state index is -4.67. The maximum absolute atomic E-state index is 13.9. The number of carbonyl (C=O) groups excluding carboxylic acids is 4. The van der Waals surface area contributed by atoms with E-state index in [-0.39, 0.29) is 25.9 Å². The molecule has 4 atom stereocenters. The fraction of sp³-hybridized carbons (Fsp3) is 0.462. The summed E-state index contributed by atoms with van der Waals surface area (Å²) in [6, 6.07) is 21.0. The quantitative estimate of drug-likeness (QED) is 0.0725. The highest BCUT2D eigenvalue weighted by molar-refractivity contribution is 7.79.